The maximum absolute atomic E-state index is 12.4. The van der Waals surface area contributed by atoms with E-state index in [1.165, 1.54) is 12.8 Å². The van der Waals surface area contributed by atoms with Crippen molar-refractivity contribution in [1.82, 2.24) is 9.80 Å². The number of hydrogen-bond acceptors (Lipinski definition) is 3. The van der Waals surface area contributed by atoms with E-state index in [0.717, 1.165) is 25.9 Å². The Balaban J connectivity index is 2.56. The lowest BCUT2D eigenvalue weighted by Gasteiger charge is -2.32. The summed E-state index contributed by atoms with van der Waals surface area (Å²) in [5.74, 6) is 0.212. The third kappa shape index (κ3) is 3.99. The number of rotatable bonds is 4. The van der Waals surface area contributed by atoms with Crippen LogP contribution in [0.1, 0.15) is 46.0 Å². The highest BCUT2D eigenvalue weighted by Crippen LogP contribution is 2.14. The second kappa shape index (κ2) is 7.38. The summed E-state index contributed by atoms with van der Waals surface area (Å²) in [5, 5.41) is 8.72. The predicted octanol–water partition coefficient (Wildman–Crippen LogP) is 2.01. The van der Waals surface area contributed by atoms with Crippen LogP contribution in [-0.2, 0) is 4.79 Å². The van der Waals surface area contributed by atoms with Crippen molar-refractivity contribution in [2.75, 3.05) is 20.1 Å². The molecule has 0 radical (unpaired) electrons. The maximum atomic E-state index is 12.4. The molecular formula is C14H25N3O. The molecule has 0 saturated carbocycles. The fourth-order valence-electron chi connectivity index (χ4n) is 2.39. The topological polar surface area (TPSA) is 47.3 Å². The Morgan fingerprint density at radius 1 is 1.28 bits per heavy atom. The van der Waals surface area contributed by atoms with Crippen LogP contribution in [0.4, 0.5) is 0 Å². The number of nitriles is 1. The van der Waals surface area contributed by atoms with Gasteiger partial charge in [-0.25, -0.2) is 0 Å². The zero-order valence-electron chi connectivity index (χ0n) is 11.9. The van der Waals surface area contributed by atoms with Crippen molar-refractivity contribution in [3.05, 3.63) is 0 Å². The van der Waals surface area contributed by atoms with Crippen LogP contribution in [0.5, 0.6) is 0 Å². The average Bonchev–Trinajstić information content (AvgIpc) is 2.65. The summed E-state index contributed by atoms with van der Waals surface area (Å²) in [6, 6.07) is 2.16. The quantitative estimate of drug-likeness (QED) is 0.768. The lowest BCUT2D eigenvalue weighted by molar-refractivity contribution is -0.136. The lowest BCUT2D eigenvalue weighted by atomic mass is 10.1. The van der Waals surface area contributed by atoms with Gasteiger partial charge in [0.05, 0.1) is 18.5 Å². The molecule has 1 heterocycles. The molecule has 1 saturated heterocycles. The maximum Gasteiger partial charge on any atom is 0.239 e. The molecule has 0 aliphatic carbocycles. The second-order valence-corrected chi connectivity index (χ2v) is 5.29. The zero-order chi connectivity index (χ0) is 13.5. The van der Waals surface area contributed by atoms with Gasteiger partial charge in [-0.3, -0.25) is 9.69 Å². The summed E-state index contributed by atoms with van der Waals surface area (Å²) in [6.45, 7) is 5.73. The van der Waals surface area contributed by atoms with Crippen molar-refractivity contribution in [2.45, 2.75) is 58.0 Å². The number of carbonyl (C=O) groups is 1. The first-order chi connectivity index (χ1) is 8.57. The number of nitrogens with zero attached hydrogens (tertiary/aromatic N) is 3. The highest BCUT2D eigenvalue weighted by atomic mass is 16.2. The lowest BCUT2D eigenvalue weighted by Crippen LogP contribution is -2.48. The fourth-order valence-corrected chi connectivity index (χ4v) is 2.39. The third-order valence-corrected chi connectivity index (χ3v) is 3.97. The van der Waals surface area contributed by atoms with Crippen molar-refractivity contribution < 1.29 is 4.79 Å². The summed E-state index contributed by atoms with van der Waals surface area (Å²) in [5.41, 5.74) is 0. The van der Waals surface area contributed by atoms with Crippen LogP contribution in [0.25, 0.3) is 0 Å². The van der Waals surface area contributed by atoms with Crippen LogP contribution >= 0.6 is 0 Å². The van der Waals surface area contributed by atoms with Gasteiger partial charge in [0.25, 0.3) is 0 Å². The second-order valence-electron chi connectivity index (χ2n) is 5.29. The van der Waals surface area contributed by atoms with Crippen molar-refractivity contribution in [3.63, 3.8) is 0 Å². The first-order valence-corrected chi connectivity index (χ1v) is 6.95. The number of likely N-dealkylation sites (N-methyl/N-ethyl adjacent to an activating group) is 1. The molecule has 2 atom stereocenters. The van der Waals surface area contributed by atoms with Crippen LogP contribution in [0, 0.1) is 11.3 Å². The van der Waals surface area contributed by atoms with Crippen molar-refractivity contribution >= 4 is 5.91 Å². The molecule has 4 heteroatoms. The number of carbonyl (C=O) groups excluding carboxylic acids is 1. The van der Waals surface area contributed by atoms with Gasteiger partial charge in [0, 0.05) is 19.1 Å². The van der Waals surface area contributed by atoms with E-state index >= 15 is 0 Å². The van der Waals surface area contributed by atoms with E-state index in [9.17, 15) is 4.79 Å². The van der Waals surface area contributed by atoms with Crippen molar-refractivity contribution in [1.29, 1.82) is 5.26 Å². The minimum absolute atomic E-state index is 0.126. The Kier molecular flexibility index (Phi) is 6.14. The predicted molar refractivity (Wildman–Crippen MR) is 72.0 cm³/mol. The SMILES string of the molecule is CC(CC#N)N(C)C(C)C(=O)N1CCCCCC1. The van der Waals surface area contributed by atoms with E-state index in [2.05, 4.69) is 6.07 Å². The molecule has 0 N–H and O–H groups in total. The highest BCUT2D eigenvalue weighted by molar-refractivity contribution is 5.81. The molecule has 1 rings (SSSR count). The third-order valence-electron chi connectivity index (χ3n) is 3.97. The monoisotopic (exact) mass is 251 g/mol. The standard InChI is InChI=1S/C14H25N3O/c1-12(8-9-15)16(3)13(2)14(18)17-10-6-4-5-7-11-17/h12-13H,4-8,10-11H2,1-3H3. The summed E-state index contributed by atoms with van der Waals surface area (Å²) in [7, 11) is 1.93. The van der Waals surface area contributed by atoms with E-state index in [0.29, 0.717) is 6.42 Å². The van der Waals surface area contributed by atoms with Gasteiger partial charge in [-0.2, -0.15) is 5.26 Å². The molecule has 0 bridgehead atoms. The molecule has 4 nitrogen and oxygen atoms in total. The molecule has 18 heavy (non-hydrogen) atoms. The van der Waals surface area contributed by atoms with Gasteiger partial charge < -0.3 is 4.90 Å². The van der Waals surface area contributed by atoms with Crippen LogP contribution < -0.4 is 0 Å². The van der Waals surface area contributed by atoms with Gasteiger partial charge in [-0.1, -0.05) is 12.8 Å². The van der Waals surface area contributed by atoms with E-state index < -0.39 is 0 Å². The Bertz CT molecular complexity index is 303. The Hall–Kier alpha value is -1.08. The molecule has 0 spiro atoms. The molecule has 0 aromatic carbocycles. The summed E-state index contributed by atoms with van der Waals surface area (Å²) in [4.78, 5) is 16.4. The normalized spacial score (nSPS) is 20.1. The number of amides is 1. The van der Waals surface area contributed by atoms with Gasteiger partial charge in [0.15, 0.2) is 0 Å². The highest BCUT2D eigenvalue weighted by Gasteiger charge is 2.26. The van der Waals surface area contributed by atoms with Crippen molar-refractivity contribution in [2.24, 2.45) is 0 Å². The van der Waals surface area contributed by atoms with E-state index in [1.807, 2.05) is 30.7 Å². The molecule has 1 amide bonds. The minimum atomic E-state index is -0.133. The molecule has 102 valence electrons. The van der Waals surface area contributed by atoms with Crippen LogP contribution in [-0.4, -0.2) is 47.9 Å². The van der Waals surface area contributed by atoms with Gasteiger partial charge in [-0.15, -0.1) is 0 Å². The zero-order valence-corrected chi connectivity index (χ0v) is 11.9. The van der Waals surface area contributed by atoms with Gasteiger partial charge >= 0.3 is 0 Å². The Morgan fingerprint density at radius 3 is 2.33 bits per heavy atom. The first kappa shape index (κ1) is 15.0. The molecular weight excluding hydrogens is 226 g/mol. The van der Waals surface area contributed by atoms with Crippen LogP contribution in [0.15, 0.2) is 0 Å². The van der Waals surface area contributed by atoms with E-state index in [1.54, 1.807) is 0 Å². The summed E-state index contributed by atoms with van der Waals surface area (Å²) >= 11 is 0. The average molecular weight is 251 g/mol. The smallest absolute Gasteiger partial charge is 0.239 e. The molecule has 2 unspecified atom stereocenters. The Morgan fingerprint density at radius 2 is 1.83 bits per heavy atom. The number of likely N-dealkylation sites (tertiary alicyclic amines) is 1. The summed E-state index contributed by atoms with van der Waals surface area (Å²) in [6.07, 6.45) is 5.18. The molecule has 1 aliphatic rings. The first-order valence-electron chi connectivity index (χ1n) is 6.95. The number of hydrogen-bond donors (Lipinski definition) is 0. The minimum Gasteiger partial charge on any atom is -0.341 e. The van der Waals surface area contributed by atoms with Crippen molar-refractivity contribution in [3.8, 4) is 6.07 Å². The van der Waals surface area contributed by atoms with Gasteiger partial charge in [0.1, 0.15) is 0 Å². The van der Waals surface area contributed by atoms with Crippen LogP contribution in [0.2, 0.25) is 0 Å². The fraction of sp³-hybridized carbons (Fsp3) is 0.857. The van der Waals surface area contributed by atoms with Gasteiger partial charge in [-0.05, 0) is 33.7 Å². The molecule has 1 fully saturated rings. The summed E-state index contributed by atoms with van der Waals surface area (Å²) < 4.78 is 0. The molecule has 0 aromatic heterocycles. The van der Waals surface area contributed by atoms with E-state index in [4.69, 9.17) is 5.26 Å². The Labute approximate surface area is 111 Å². The molecule has 1 aliphatic heterocycles. The molecule has 0 aromatic rings. The van der Waals surface area contributed by atoms with Gasteiger partial charge in [0.2, 0.25) is 5.91 Å². The van der Waals surface area contributed by atoms with Crippen LogP contribution in [0.3, 0.4) is 0 Å². The van der Waals surface area contributed by atoms with E-state index in [-0.39, 0.29) is 18.0 Å². The largest absolute Gasteiger partial charge is 0.341 e.